The van der Waals surface area contributed by atoms with Crippen molar-refractivity contribution in [3.63, 3.8) is 0 Å². The third-order valence-electron chi connectivity index (χ3n) is 3.46. The Morgan fingerprint density at radius 1 is 1.31 bits per heavy atom. The number of aromatic nitrogens is 2. The summed E-state index contributed by atoms with van der Waals surface area (Å²) in [5.74, 6) is 1.68. The van der Waals surface area contributed by atoms with E-state index < -0.39 is 0 Å². The number of hydrogen-bond donors (Lipinski definition) is 2. The van der Waals surface area contributed by atoms with Crippen LogP contribution in [0, 0.1) is 18.4 Å². The molecule has 1 aromatic heterocycles. The molecule has 0 aliphatic rings. The Bertz CT molecular complexity index is 838. The summed E-state index contributed by atoms with van der Waals surface area (Å²) < 4.78 is 1.47. The van der Waals surface area contributed by atoms with Crippen LogP contribution in [0.4, 0.5) is 0 Å². The number of benzene rings is 1. The van der Waals surface area contributed by atoms with Crippen molar-refractivity contribution in [2.75, 3.05) is 18.8 Å². The summed E-state index contributed by atoms with van der Waals surface area (Å²) in [6, 6.07) is 11.3. The molecule has 7 nitrogen and oxygen atoms in total. The molecule has 0 unspecified atom stereocenters. The maximum atomic E-state index is 12.0. The van der Waals surface area contributed by atoms with Gasteiger partial charge in [0.25, 0.3) is 5.56 Å². The minimum absolute atomic E-state index is 0.124. The van der Waals surface area contributed by atoms with E-state index >= 15 is 0 Å². The molecular formula is C18H22N6OS. The van der Waals surface area contributed by atoms with Crippen molar-refractivity contribution in [2.45, 2.75) is 19.7 Å². The van der Waals surface area contributed by atoms with Gasteiger partial charge in [-0.2, -0.15) is 10.4 Å². The molecule has 2 aromatic rings. The lowest BCUT2D eigenvalue weighted by molar-refractivity contribution is 0.697. The van der Waals surface area contributed by atoms with E-state index in [1.54, 1.807) is 23.9 Å². The summed E-state index contributed by atoms with van der Waals surface area (Å²) >= 11 is 1.58. The first kappa shape index (κ1) is 19.5. The van der Waals surface area contributed by atoms with Crippen molar-refractivity contribution < 1.29 is 0 Å². The Balaban J connectivity index is 1.90. The molecular weight excluding hydrogens is 348 g/mol. The van der Waals surface area contributed by atoms with E-state index in [1.807, 2.05) is 44.3 Å². The quantitative estimate of drug-likeness (QED) is 0.254. The summed E-state index contributed by atoms with van der Waals surface area (Å²) in [5, 5.41) is 18.6. The molecule has 0 spiro atoms. The Hall–Kier alpha value is -2.79. The van der Waals surface area contributed by atoms with Gasteiger partial charge in [0.05, 0.1) is 11.6 Å². The molecule has 2 rings (SSSR count). The molecule has 26 heavy (non-hydrogen) atoms. The van der Waals surface area contributed by atoms with Crippen LogP contribution < -0.4 is 16.2 Å². The van der Waals surface area contributed by atoms with Gasteiger partial charge in [-0.05, 0) is 19.9 Å². The molecule has 0 atom stereocenters. The van der Waals surface area contributed by atoms with Crippen molar-refractivity contribution in [2.24, 2.45) is 4.99 Å². The maximum absolute atomic E-state index is 12.0. The highest BCUT2D eigenvalue weighted by atomic mass is 32.2. The highest BCUT2D eigenvalue weighted by Crippen LogP contribution is 2.16. The summed E-state index contributed by atoms with van der Waals surface area (Å²) in [6.45, 7) is 5.15. The van der Waals surface area contributed by atoms with Crippen LogP contribution in [0.2, 0.25) is 0 Å². The molecule has 0 bridgehead atoms. The summed E-state index contributed by atoms with van der Waals surface area (Å²) in [6.07, 6.45) is 1.85. The van der Waals surface area contributed by atoms with Gasteiger partial charge >= 0.3 is 0 Å². The van der Waals surface area contributed by atoms with Crippen molar-refractivity contribution in [3.05, 3.63) is 52.3 Å². The smallest absolute Gasteiger partial charge is 0.267 e. The van der Waals surface area contributed by atoms with Crippen LogP contribution in [0.1, 0.15) is 12.5 Å². The predicted octanol–water partition coefficient (Wildman–Crippen LogP) is 1.95. The van der Waals surface area contributed by atoms with Crippen LogP contribution in [0.5, 0.6) is 0 Å². The molecule has 136 valence electrons. The molecule has 0 saturated heterocycles. The van der Waals surface area contributed by atoms with E-state index in [9.17, 15) is 4.79 Å². The number of nitriles is 1. The van der Waals surface area contributed by atoms with Gasteiger partial charge in [-0.25, -0.2) is 4.68 Å². The topological polar surface area (TPSA) is 95.1 Å². The molecule has 0 saturated carbocycles. The predicted molar refractivity (Wildman–Crippen MR) is 106 cm³/mol. The molecule has 1 aromatic carbocycles. The van der Waals surface area contributed by atoms with Gasteiger partial charge in [0.2, 0.25) is 5.96 Å². The number of thioether (sulfide) groups is 1. The minimum atomic E-state index is -0.124. The number of hydrogen-bond acceptors (Lipinski definition) is 5. The highest BCUT2D eigenvalue weighted by molar-refractivity contribution is 7.98. The van der Waals surface area contributed by atoms with Gasteiger partial charge in [-0.3, -0.25) is 15.1 Å². The standard InChI is InChI=1S/C18H22N6OS/c1-3-20-18(22-12-19)21-10-11-26-13-24-17(25)9-8-16(23-24)15-6-4-14(2)5-7-15/h4-9H,3,10-11,13H2,1-2H3,(H2,20,21,22). The number of nitrogens with one attached hydrogen (secondary N) is 2. The molecule has 2 N–H and O–H groups in total. The Kier molecular flexibility index (Phi) is 7.71. The van der Waals surface area contributed by atoms with Crippen LogP contribution >= 0.6 is 11.8 Å². The zero-order chi connectivity index (χ0) is 18.8. The third-order valence-corrected chi connectivity index (χ3v) is 4.38. The zero-order valence-corrected chi connectivity index (χ0v) is 15.7. The third kappa shape index (κ3) is 5.93. The van der Waals surface area contributed by atoms with E-state index in [-0.39, 0.29) is 5.56 Å². The van der Waals surface area contributed by atoms with Crippen LogP contribution in [0.15, 0.2) is 46.2 Å². The number of aryl methyl sites for hydroxylation is 1. The Morgan fingerprint density at radius 3 is 2.77 bits per heavy atom. The zero-order valence-electron chi connectivity index (χ0n) is 14.9. The van der Waals surface area contributed by atoms with Crippen LogP contribution in [-0.2, 0) is 5.88 Å². The summed E-state index contributed by atoms with van der Waals surface area (Å²) in [4.78, 5) is 16.1. The number of nitrogens with zero attached hydrogens (tertiary/aromatic N) is 4. The molecule has 1 heterocycles. The van der Waals surface area contributed by atoms with Crippen LogP contribution in [-0.4, -0.2) is 34.6 Å². The minimum Gasteiger partial charge on any atom is -0.355 e. The molecule has 0 amide bonds. The second-order valence-corrected chi connectivity index (χ2v) is 6.52. The first-order chi connectivity index (χ1) is 12.6. The van der Waals surface area contributed by atoms with Gasteiger partial charge in [-0.15, -0.1) is 11.8 Å². The molecule has 0 fully saturated rings. The fourth-order valence-corrected chi connectivity index (χ4v) is 2.90. The number of guanidine groups is 1. The normalized spacial score (nSPS) is 11.0. The molecule has 8 heteroatoms. The van der Waals surface area contributed by atoms with Crippen molar-refractivity contribution in [1.82, 2.24) is 20.4 Å². The SMILES string of the molecule is CC/N=C(\NC#N)NCCSCn1nc(-c2ccc(C)cc2)ccc1=O. The van der Waals surface area contributed by atoms with E-state index in [0.717, 1.165) is 17.0 Å². The molecule has 0 aliphatic heterocycles. The monoisotopic (exact) mass is 370 g/mol. The average molecular weight is 370 g/mol. The maximum Gasteiger partial charge on any atom is 0.267 e. The van der Waals surface area contributed by atoms with Crippen LogP contribution in [0.25, 0.3) is 11.3 Å². The fraction of sp³-hybridized carbons (Fsp3) is 0.333. The lowest BCUT2D eigenvalue weighted by Gasteiger charge is -2.09. The number of rotatable bonds is 7. The van der Waals surface area contributed by atoms with E-state index in [0.29, 0.717) is 24.9 Å². The first-order valence-corrected chi connectivity index (χ1v) is 9.46. The van der Waals surface area contributed by atoms with Gasteiger partial charge in [0.1, 0.15) is 0 Å². The Labute approximate surface area is 157 Å². The molecule has 0 aliphatic carbocycles. The van der Waals surface area contributed by atoms with Gasteiger partial charge in [0.15, 0.2) is 6.19 Å². The van der Waals surface area contributed by atoms with E-state index in [4.69, 9.17) is 5.26 Å². The summed E-state index contributed by atoms with van der Waals surface area (Å²) in [5.41, 5.74) is 2.82. The fourth-order valence-electron chi connectivity index (χ4n) is 2.16. The van der Waals surface area contributed by atoms with Crippen molar-refractivity contribution in [3.8, 4) is 17.5 Å². The second-order valence-electron chi connectivity index (χ2n) is 5.45. The van der Waals surface area contributed by atoms with Crippen molar-refractivity contribution >= 4 is 17.7 Å². The highest BCUT2D eigenvalue weighted by Gasteiger charge is 2.04. The largest absolute Gasteiger partial charge is 0.355 e. The lowest BCUT2D eigenvalue weighted by Crippen LogP contribution is -2.36. The Morgan fingerprint density at radius 2 is 2.08 bits per heavy atom. The van der Waals surface area contributed by atoms with E-state index in [2.05, 4.69) is 20.7 Å². The molecule has 0 radical (unpaired) electrons. The van der Waals surface area contributed by atoms with Crippen molar-refractivity contribution in [1.29, 1.82) is 5.26 Å². The second kappa shape index (κ2) is 10.3. The number of aliphatic imine (C=N–C) groups is 1. The first-order valence-electron chi connectivity index (χ1n) is 8.30. The lowest BCUT2D eigenvalue weighted by atomic mass is 10.1. The van der Waals surface area contributed by atoms with Crippen LogP contribution in [0.3, 0.4) is 0 Å². The summed E-state index contributed by atoms with van der Waals surface area (Å²) in [7, 11) is 0. The van der Waals surface area contributed by atoms with Gasteiger partial charge < -0.3 is 5.32 Å². The van der Waals surface area contributed by atoms with Gasteiger partial charge in [-0.1, -0.05) is 29.8 Å². The van der Waals surface area contributed by atoms with Gasteiger partial charge in [0, 0.05) is 30.5 Å². The average Bonchev–Trinajstić information content (AvgIpc) is 2.64. The van der Waals surface area contributed by atoms with E-state index in [1.165, 1.54) is 10.2 Å².